The number of rotatable bonds is 12. The highest BCUT2D eigenvalue weighted by Gasteiger charge is 2.39. The van der Waals surface area contributed by atoms with Crippen LogP contribution >= 0.6 is 7.37 Å². The summed E-state index contributed by atoms with van der Waals surface area (Å²) in [4.78, 5) is 21.9. The van der Waals surface area contributed by atoms with Crippen LogP contribution in [0.5, 0.6) is 0 Å². The third kappa shape index (κ3) is 6.30. The van der Waals surface area contributed by atoms with E-state index in [1.807, 2.05) is 6.07 Å². The van der Waals surface area contributed by atoms with Gasteiger partial charge in [-0.05, 0) is 17.5 Å². The lowest BCUT2D eigenvalue weighted by molar-refractivity contribution is -0.142. The molecule has 3 atom stereocenters. The molecular weight excluding hydrogens is 383 g/mol. The summed E-state index contributed by atoms with van der Waals surface area (Å²) in [6.45, 7) is 0.0724. The number of carboxylic acid groups (broad SMARTS) is 1. The molecule has 2 aromatic carbocycles. The highest BCUT2D eigenvalue weighted by Crippen LogP contribution is 2.60. The molecule has 0 aliphatic carbocycles. The van der Waals surface area contributed by atoms with E-state index in [4.69, 9.17) is 4.52 Å². The fourth-order valence-corrected chi connectivity index (χ4v) is 5.09. The number of aliphatic hydroxyl groups excluding tert-OH is 1. The number of carboxylic acids is 1. The van der Waals surface area contributed by atoms with Gasteiger partial charge in [-0.1, -0.05) is 60.7 Å². The van der Waals surface area contributed by atoms with Crippen molar-refractivity contribution in [3.63, 3.8) is 0 Å². The zero-order valence-electron chi connectivity index (χ0n) is 15.2. The number of hydrogen-bond acceptors (Lipinski definition) is 6. The van der Waals surface area contributed by atoms with Gasteiger partial charge in [-0.2, -0.15) is 0 Å². The van der Waals surface area contributed by atoms with Gasteiger partial charge in [-0.3, -0.25) is 14.2 Å². The van der Waals surface area contributed by atoms with Crippen molar-refractivity contribution in [3.05, 3.63) is 71.8 Å². The summed E-state index contributed by atoms with van der Waals surface area (Å²) in [6.07, 6.45) is -0.415. The molecular formula is C20H23O7P. The Morgan fingerprint density at radius 3 is 2.25 bits per heavy atom. The highest BCUT2D eigenvalue weighted by atomic mass is 31.2. The van der Waals surface area contributed by atoms with Crippen LogP contribution < -0.4 is 0 Å². The van der Waals surface area contributed by atoms with E-state index < -0.39 is 25.1 Å². The fraction of sp³-hybridized carbons (Fsp3) is 0.300. The second kappa shape index (κ2) is 10.8. The van der Waals surface area contributed by atoms with Crippen LogP contribution in [0.1, 0.15) is 23.4 Å². The van der Waals surface area contributed by atoms with E-state index in [1.165, 1.54) is 0 Å². The summed E-state index contributed by atoms with van der Waals surface area (Å²) >= 11 is 0. The topological polar surface area (TPSA) is 110 Å². The molecule has 0 saturated heterocycles. The van der Waals surface area contributed by atoms with Gasteiger partial charge in [0.1, 0.15) is 0 Å². The molecule has 7 nitrogen and oxygen atoms in total. The number of benzene rings is 2. The molecule has 28 heavy (non-hydrogen) atoms. The average Bonchev–Trinajstić information content (AvgIpc) is 2.72. The van der Waals surface area contributed by atoms with Crippen LogP contribution in [0.15, 0.2) is 60.7 Å². The molecule has 0 bridgehead atoms. The fourth-order valence-electron chi connectivity index (χ4n) is 2.69. The van der Waals surface area contributed by atoms with Gasteiger partial charge < -0.3 is 19.5 Å². The van der Waals surface area contributed by atoms with Crippen molar-refractivity contribution in [2.75, 3.05) is 12.8 Å². The number of hydrogen-bond donors (Lipinski definition) is 2. The molecule has 0 aromatic heterocycles. The molecule has 150 valence electrons. The van der Waals surface area contributed by atoms with Gasteiger partial charge >= 0.3 is 5.97 Å². The molecule has 0 amide bonds. The van der Waals surface area contributed by atoms with Crippen LogP contribution in [0, 0.1) is 5.92 Å². The summed E-state index contributed by atoms with van der Waals surface area (Å²) in [5.41, 5.74) is 1.13. The summed E-state index contributed by atoms with van der Waals surface area (Å²) in [6, 6.07) is 17.3. The van der Waals surface area contributed by atoms with Crippen molar-refractivity contribution >= 4 is 19.8 Å². The maximum absolute atomic E-state index is 13.6. The second-order valence-corrected chi connectivity index (χ2v) is 8.81. The molecule has 0 fully saturated rings. The Bertz CT molecular complexity index is 795. The molecule has 8 heteroatoms. The Morgan fingerprint density at radius 2 is 1.68 bits per heavy atom. The lowest BCUT2D eigenvalue weighted by Crippen LogP contribution is -2.22. The average molecular weight is 406 g/mol. The van der Waals surface area contributed by atoms with Crippen LogP contribution in [0.4, 0.5) is 0 Å². The van der Waals surface area contributed by atoms with Crippen molar-refractivity contribution < 1.29 is 33.6 Å². The molecule has 0 spiro atoms. The van der Waals surface area contributed by atoms with Crippen LogP contribution in [-0.4, -0.2) is 35.4 Å². The first-order valence-electron chi connectivity index (χ1n) is 8.74. The third-order valence-electron chi connectivity index (χ3n) is 4.24. The monoisotopic (exact) mass is 406 g/mol. The van der Waals surface area contributed by atoms with Crippen molar-refractivity contribution in [1.82, 2.24) is 0 Å². The largest absolute Gasteiger partial charge is 0.481 e. The normalized spacial score (nSPS) is 15.2. The van der Waals surface area contributed by atoms with Gasteiger partial charge in [0, 0.05) is 6.16 Å². The van der Waals surface area contributed by atoms with Crippen molar-refractivity contribution in [3.8, 4) is 0 Å². The Hall–Kier alpha value is -2.47. The Balaban J connectivity index is 2.24. The summed E-state index contributed by atoms with van der Waals surface area (Å²) in [5, 5.41) is 20.2. The van der Waals surface area contributed by atoms with Crippen LogP contribution in [0.3, 0.4) is 0 Å². The van der Waals surface area contributed by atoms with Crippen LogP contribution in [0.25, 0.3) is 0 Å². The number of ether oxygens (including phenoxy) is 1. The molecule has 0 saturated carbocycles. The van der Waals surface area contributed by atoms with E-state index in [-0.39, 0.29) is 32.3 Å². The Labute approximate surface area is 163 Å². The minimum atomic E-state index is -3.83. The molecule has 2 N–H and O–H groups in total. The van der Waals surface area contributed by atoms with E-state index >= 15 is 0 Å². The van der Waals surface area contributed by atoms with Gasteiger partial charge in [0.25, 0.3) is 6.47 Å². The van der Waals surface area contributed by atoms with Gasteiger partial charge in [0.05, 0.1) is 19.1 Å². The minimum absolute atomic E-state index is 0.0286. The zero-order chi connectivity index (χ0) is 20.4. The molecule has 0 radical (unpaired) electrons. The smallest absolute Gasteiger partial charge is 0.307 e. The number of aliphatic hydroxyl groups is 1. The van der Waals surface area contributed by atoms with E-state index in [0.717, 1.165) is 5.56 Å². The Morgan fingerprint density at radius 1 is 1.07 bits per heavy atom. The van der Waals surface area contributed by atoms with E-state index in [9.17, 15) is 24.4 Å². The SMILES string of the molecule is O=COCCC(CP(=O)(OCc1ccccc1)C(O)c1ccccc1)C(=O)O. The number of carbonyl (C=O) groups excluding carboxylic acids is 1. The summed E-state index contributed by atoms with van der Waals surface area (Å²) in [5.74, 6) is -3.76. The first-order chi connectivity index (χ1) is 13.5. The quantitative estimate of drug-likeness (QED) is 0.316. The van der Waals surface area contributed by atoms with E-state index in [2.05, 4.69) is 4.74 Å². The van der Waals surface area contributed by atoms with Crippen LogP contribution in [0.2, 0.25) is 0 Å². The van der Waals surface area contributed by atoms with Crippen molar-refractivity contribution in [2.24, 2.45) is 5.92 Å². The lowest BCUT2D eigenvalue weighted by atomic mass is 10.1. The summed E-state index contributed by atoms with van der Waals surface area (Å²) in [7, 11) is -3.83. The maximum Gasteiger partial charge on any atom is 0.307 e. The minimum Gasteiger partial charge on any atom is -0.481 e. The number of carbonyl (C=O) groups is 2. The third-order valence-corrected chi connectivity index (χ3v) is 6.80. The van der Waals surface area contributed by atoms with Gasteiger partial charge in [0.15, 0.2) is 5.85 Å². The predicted octanol–water partition coefficient (Wildman–Crippen LogP) is 3.44. The van der Waals surface area contributed by atoms with Crippen molar-refractivity contribution in [2.45, 2.75) is 18.9 Å². The first-order valence-corrected chi connectivity index (χ1v) is 10.6. The predicted molar refractivity (Wildman–Crippen MR) is 103 cm³/mol. The molecule has 2 rings (SSSR count). The summed E-state index contributed by atoms with van der Waals surface area (Å²) < 4.78 is 23.8. The Kier molecular flexibility index (Phi) is 8.39. The van der Waals surface area contributed by atoms with Gasteiger partial charge in [0.2, 0.25) is 7.37 Å². The molecule has 2 aromatic rings. The molecule has 3 unspecified atom stereocenters. The zero-order valence-corrected chi connectivity index (χ0v) is 16.1. The van der Waals surface area contributed by atoms with Crippen molar-refractivity contribution in [1.29, 1.82) is 0 Å². The second-order valence-electron chi connectivity index (χ2n) is 6.24. The number of aliphatic carboxylic acids is 1. The standard InChI is InChI=1S/C20H23O7P/c21-15-26-12-11-18(19(22)23)14-28(25,20(24)17-9-5-2-6-10-17)27-13-16-7-3-1-4-8-16/h1-10,15,18,20,24H,11-14H2,(H,22,23). The van der Waals surface area contributed by atoms with Gasteiger partial charge in [-0.25, -0.2) is 0 Å². The van der Waals surface area contributed by atoms with Gasteiger partial charge in [-0.15, -0.1) is 0 Å². The van der Waals surface area contributed by atoms with E-state index in [1.54, 1.807) is 54.6 Å². The first kappa shape index (κ1) is 21.8. The maximum atomic E-state index is 13.6. The highest BCUT2D eigenvalue weighted by molar-refractivity contribution is 7.59. The molecule has 0 aliphatic rings. The molecule has 0 aliphatic heterocycles. The lowest BCUT2D eigenvalue weighted by Gasteiger charge is -2.26. The van der Waals surface area contributed by atoms with Crippen LogP contribution in [-0.2, 0) is 30.0 Å². The van der Waals surface area contributed by atoms with E-state index in [0.29, 0.717) is 5.56 Å². The molecule has 0 heterocycles.